The number of ether oxygens (including phenoxy) is 3. The fourth-order valence-corrected chi connectivity index (χ4v) is 4.15. The van der Waals surface area contributed by atoms with Crippen LogP contribution in [0.3, 0.4) is 0 Å². The third-order valence-corrected chi connectivity index (χ3v) is 6.12. The molecule has 0 bridgehead atoms. The number of methoxy groups -OCH3 is 2. The van der Waals surface area contributed by atoms with E-state index in [1.807, 2.05) is 55.5 Å². The first-order valence-electron chi connectivity index (χ1n) is 11.7. The second-order valence-corrected chi connectivity index (χ2v) is 8.53. The Labute approximate surface area is 201 Å². The molecule has 184 valence electrons. The van der Waals surface area contributed by atoms with Crippen LogP contribution < -0.4 is 25.4 Å². The van der Waals surface area contributed by atoms with E-state index in [9.17, 15) is 9.59 Å². The summed E-state index contributed by atoms with van der Waals surface area (Å²) in [7, 11) is 3.20. The number of nitrogens with one attached hydrogen (secondary N) is 3. The molecule has 3 rings (SSSR count). The first kappa shape index (κ1) is 25.4. The van der Waals surface area contributed by atoms with E-state index in [0.29, 0.717) is 44.1 Å². The van der Waals surface area contributed by atoms with Gasteiger partial charge in [0.1, 0.15) is 12.1 Å². The van der Waals surface area contributed by atoms with E-state index in [1.54, 1.807) is 14.2 Å². The van der Waals surface area contributed by atoms with E-state index in [0.717, 1.165) is 24.0 Å². The SMILES string of the molecule is COCCOc1ccc(C(C)NC(=O)C2(NC(=O)NCc3ccccc3)CCCC2)cc1OC. The third kappa shape index (κ3) is 6.63. The van der Waals surface area contributed by atoms with E-state index in [4.69, 9.17) is 14.2 Å². The minimum absolute atomic E-state index is 0.174. The van der Waals surface area contributed by atoms with E-state index in [2.05, 4.69) is 16.0 Å². The number of hydrogen-bond donors (Lipinski definition) is 3. The summed E-state index contributed by atoms with van der Waals surface area (Å²) in [5.74, 6) is 1.03. The van der Waals surface area contributed by atoms with Crippen LogP contribution in [0.25, 0.3) is 0 Å². The van der Waals surface area contributed by atoms with Crippen molar-refractivity contribution in [3.05, 3.63) is 59.7 Å². The number of amides is 3. The van der Waals surface area contributed by atoms with Crippen LogP contribution in [-0.4, -0.2) is 44.9 Å². The lowest BCUT2D eigenvalue weighted by Crippen LogP contribution is -2.59. The predicted molar refractivity (Wildman–Crippen MR) is 130 cm³/mol. The summed E-state index contributed by atoms with van der Waals surface area (Å²) < 4.78 is 16.2. The number of urea groups is 1. The monoisotopic (exact) mass is 469 g/mol. The Hall–Kier alpha value is -3.26. The van der Waals surface area contributed by atoms with Crippen LogP contribution in [0.15, 0.2) is 48.5 Å². The summed E-state index contributed by atoms with van der Waals surface area (Å²) in [4.78, 5) is 26.0. The Balaban J connectivity index is 1.62. The fourth-order valence-electron chi connectivity index (χ4n) is 4.15. The molecule has 1 saturated carbocycles. The summed E-state index contributed by atoms with van der Waals surface area (Å²) in [6.45, 7) is 3.21. The lowest BCUT2D eigenvalue weighted by atomic mass is 9.95. The lowest BCUT2D eigenvalue weighted by molar-refractivity contribution is -0.127. The molecule has 8 heteroatoms. The highest BCUT2D eigenvalue weighted by atomic mass is 16.5. The highest BCUT2D eigenvalue weighted by Crippen LogP contribution is 2.33. The molecule has 2 aromatic rings. The Bertz CT molecular complexity index is 945. The number of carbonyl (C=O) groups is 2. The molecule has 2 aromatic carbocycles. The first-order valence-corrected chi connectivity index (χ1v) is 11.7. The van der Waals surface area contributed by atoms with Gasteiger partial charge < -0.3 is 30.2 Å². The first-order chi connectivity index (χ1) is 16.5. The quantitative estimate of drug-likeness (QED) is 0.436. The maximum absolute atomic E-state index is 13.3. The molecule has 0 saturated heterocycles. The van der Waals surface area contributed by atoms with Crippen molar-refractivity contribution >= 4 is 11.9 Å². The molecular formula is C26H35N3O5. The molecule has 0 aromatic heterocycles. The van der Waals surface area contributed by atoms with Crippen molar-refractivity contribution < 1.29 is 23.8 Å². The highest BCUT2D eigenvalue weighted by molar-refractivity contribution is 5.91. The molecule has 3 amide bonds. The maximum Gasteiger partial charge on any atom is 0.315 e. The zero-order valence-corrected chi connectivity index (χ0v) is 20.2. The largest absolute Gasteiger partial charge is 0.493 e. The highest BCUT2D eigenvalue weighted by Gasteiger charge is 2.43. The molecule has 1 fully saturated rings. The zero-order valence-electron chi connectivity index (χ0n) is 20.2. The number of rotatable bonds is 11. The maximum atomic E-state index is 13.3. The third-order valence-electron chi connectivity index (χ3n) is 6.12. The van der Waals surface area contributed by atoms with Crippen molar-refractivity contribution in [3.8, 4) is 11.5 Å². The zero-order chi connectivity index (χ0) is 24.4. The standard InChI is InChI=1S/C26H35N3O5/c1-19(21-11-12-22(23(17-21)33-3)34-16-15-32-2)28-24(30)26(13-7-8-14-26)29-25(31)27-18-20-9-5-4-6-10-20/h4-6,9-12,17,19H,7-8,13-16,18H2,1-3H3,(H,28,30)(H2,27,29,31). The molecular weight excluding hydrogens is 434 g/mol. The average molecular weight is 470 g/mol. The smallest absolute Gasteiger partial charge is 0.315 e. The molecule has 3 N–H and O–H groups in total. The van der Waals surface area contributed by atoms with Crippen LogP contribution in [0.4, 0.5) is 4.79 Å². The Morgan fingerprint density at radius 1 is 1.00 bits per heavy atom. The molecule has 8 nitrogen and oxygen atoms in total. The van der Waals surface area contributed by atoms with Crippen LogP contribution >= 0.6 is 0 Å². The second kappa shape index (κ2) is 12.3. The van der Waals surface area contributed by atoms with E-state index in [-0.39, 0.29) is 18.0 Å². The molecule has 1 unspecified atom stereocenters. The van der Waals surface area contributed by atoms with Gasteiger partial charge in [-0.05, 0) is 43.0 Å². The summed E-state index contributed by atoms with van der Waals surface area (Å²) in [5, 5.41) is 8.91. The van der Waals surface area contributed by atoms with Crippen LogP contribution in [0.5, 0.6) is 11.5 Å². The van der Waals surface area contributed by atoms with Gasteiger partial charge in [-0.3, -0.25) is 4.79 Å². The van der Waals surface area contributed by atoms with Crippen LogP contribution in [0.2, 0.25) is 0 Å². The summed E-state index contributed by atoms with van der Waals surface area (Å²) in [6, 6.07) is 14.6. The van der Waals surface area contributed by atoms with Gasteiger partial charge in [0.15, 0.2) is 11.5 Å². The van der Waals surface area contributed by atoms with E-state index in [1.165, 1.54) is 0 Å². The normalized spacial score (nSPS) is 15.3. The molecule has 1 atom stereocenters. The van der Waals surface area contributed by atoms with Gasteiger partial charge in [0.2, 0.25) is 5.91 Å². The number of hydrogen-bond acceptors (Lipinski definition) is 5. The number of carbonyl (C=O) groups excluding carboxylic acids is 2. The average Bonchev–Trinajstić information content (AvgIpc) is 3.33. The van der Waals surface area contributed by atoms with Crippen molar-refractivity contribution in [2.75, 3.05) is 27.4 Å². The van der Waals surface area contributed by atoms with Gasteiger partial charge in [-0.2, -0.15) is 0 Å². The molecule has 34 heavy (non-hydrogen) atoms. The minimum atomic E-state index is -0.914. The Morgan fingerprint density at radius 3 is 2.41 bits per heavy atom. The van der Waals surface area contributed by atoms with Gasteiger partial charge in [0, 0.05) is 13.7 Å². The van der Waals surface area contributed by atoms with Crippen molar-refractivity contribution in [3.63, 3.8) is 0 Å². The van der Waals surface area contributed by atoms with Crippen molar-refractivity contribution in [2.24, 2.45) is 0 Å². The van der Waals surface area contributed by atoms with E-state index < -0.39 is 5.54 Å². The molecule has 0 aliphatic heterocycles. The van der Waals surface area contributed by atoms with Crippen LogP contribution in [0.1, 0.15) is 49.8 Å². The lowest BCUT2D eigenvalue weighted by Gasteiger charge is -2.31. The topological polar surface area (TPSA) is 97.9 Å². The molecule has 0 heterocycles. The summed E-state index contributed by atoms with van der Waals surface area (Å²) >= 11 is 0. The predicted octanol–water partition coefficient (Wildman–Crippen LogP) is 3.71. The van der Waals surface area contributed by atoms with Crippen molar-refractivity contribution in [1.29, 1.82) is 0 Å². The van der Waals surface area contributed by atoms with Gasteiger partial charge in [-0.15, -0.1) is 0 Å². The molecule has 0 spiro atoms. The fraction of sp³-hybridized carbons (Fsp3) is 0.462. The minimum Gasteiger partial charge on any atom is -0.493 e. The molecule has 0 radical (unpaired) electrons. The number of benzene rings is 2. The van der Waals surface area contributed by atoms with Gasteiger partial charge in [-0.25, -0.2) is 4.79 Å². The van der Waals surface area contributed by atoms with E-state index >= 15 is 0 Å². The van der Waals surface area contributed by atoms with Gasteiger partial charge in [-0.1, -0.05) is 49.2 Å². The Kier molecular flexibility index (Phi) is 9.16. The van der Waals surface area contributed by atoms with Crippen molar-refractivity contribution in [1.82, 2.24) is 16.0 Å². The Morgan fingerprint density at radius 2 is 1.74 bits per heavy atom. The van der Waals surface area contributed by atoms with Gasteiger partial charge in [0.05, 0.1) is 19.8 Å². The van der Waals surface area contributed by atoms with Crippen LogP contribution in [0, 0.1) is 0 Å². The van der Waals surface area contributed by atoms with Crippen LogP contribution in [-0.2, 0) is 16.1 Å². The van der Waals surface area contributed by atoms with Gasteiger partial charge >= 0.3 is 6.03 Å². The second-order valence-electron chi connectivity index (χ2n) is 8.53. The molecule has 1 aliphatic rings. The summed E-state index contributed by atoms with van der Waals surface area (Å²) in [5.41, 5.74) is 0.966. The molecule has 1 aliphatic carbocycles. The summed E-state index contributed by atoms with van der Waals surface area (Å²) in [6.07, 6.45) is 3.00. The van der Waals surface area contributed by atoms with Crippen molar-refractivity contribution in [2.45, 2.75) is 50.7 Å². The van der Waals surface area contributed by atoms with Gasteiger partial charge in [0.25, 0.3) is 0 Å².